The minimum Gasteiger partial charge on any atom is -0.506 e. The molecule has 2 radical (unpaired) electrons. The maximum Gasteiger partial charge on any atom is 1.00 e. The number of phenolic OH excluding ortho intramolecular Hbond substituents is 2. The molecule has 1 amide bonds. The standard InChI is InChI=1S/C39H27N5O17S4.2Cu.H3N.4Na.H2O/c45-29-13-20(9-11-25(29)41-43-27-17-32(63(53,54)55)23-7-4-8-31(62(50,51)52)35(23)37(27)47)21-10-12-26(30(46)14-21)42-44-28-18-33(64(56,57)58)24-15-22(40-39(49)19-5-2-1-3-6-19)16-34(65(59,60)61)36(24)38(28)48;;;;;;;;/h1-18,41-42,45-46H,(H,40,49)(H,50,51,52)(H,53,54,55)(H,56,57,58)(H,59,60,61);;;1H3;;;;;1H2/q;;;;4*+1;/b43-27+,44-28+;;;;;;;;. The second kappa shape index (κ2) is 28.2. The van der Waals surface area contributed by atoms with E-state index in [1.807, 2.05) is 0 Å². The summed E-state index contributed by atoms with van der Waals surface area (Å²) >= 11 is 0. The first-order valence-corrected chi connectivity index (χ1v) is 23.5. The Labute approximate surface area is 525 Å². The Morgan fingerprint density at radius 2 is 0.932 bits per heavy atom. The van der Waals surface area contributed by atoms with Gasteiger partial charge in [-0.1, -0.05) is 42.5 Å². The number of aromatic hydroxyl groups is 2. The second-order valence-corrected chi connectivity index (χ2v) is 19.2. The van der Waals surface area contributed by atoms with Gasteiger partial charge in [-0.05, 0) is 77.9 Å². The number of carbonyl (C=O) groups is 3. The number of hydrogen-bond donors (Lipinski definition) is 10. The molecule has 5 aromatic carbocycles. The Morgan fingerprint density at radius 1 is 0.507 bits per heavy atom. The van der Waals surface area contributed by atoms with Crippen molar-refractivity contribution in [2.45, 2.75) is 9.79 Å². The van der Waals surface area contributed by atoms with Crippen molar-refractivity contribution in [2.75, 3.05) is 16.2 Å². The molecule has 0 fully saturated rings. The Bertz CT molecular complexity index is 3570. The van der Waals surface area contributed by atoms with Crippen LogP contribution < -0.4 is 141 Å². The van der Waals surface area contributed by atoms with Gasteiger partial charge in [-0.2, -0.15) is 43.9 Å². The van der Waals surface area contributed by atoms with Gasteiger partial charge in [-0.15, -0.1) is 0 Å². The molecule has 34 heteroatoms. The fourth-order valence-electron chi connectivity index (χ4n) is 6.53. The molecule has 0 heterocycles. The first-order chi connectivity index (χ1) is 30.3. The monoisotopic (exact) mass is 1220 g/mol. The molecule has 14 N–H and O–H groups in total. The van der Waals surface area contributed by atoms with Crippen molar-refractivity contribution in [3.63, 3.8) is 0 Å². The summed E-state index contributed by atoms with van der Waals surface area (Å²) in [7, 11) is -20.8. The summed E-state index contributed by atoms with van der Waals surface area (Å²) in [5, 5.41) is 31.6. The van der Waals surface area contributed by atoms with Crippen LogP contribution in [-0.2, 0) is 74.6 Å². The molecular weight excluding hydrogens is 1190 g/mol. The molecule has 7 rings (SSSR count). The molecule has 2 aliphatic carbocycles. The molecule has 0 spiro atoms. The van der Waals surface area contributed by atoms with Gasteiger partial charge in [-0.25, -0.2) is 0 Å². The number of nitrogens with one attached hydrogen (secondary N) is 3. The normalized spacial score (nSPS) is 13.8. The summed E-state index contributed by atoms with van der Waals surface area (Å²) in [6.07, 6.45) is 1.23. The van der Waals surface area contributed by atoms with E-state index in [0.29, 0.717) is 18.2 Å². The van der Waals surface area contributed by atoms with Crippen LogP contribution in [0.5, 0.6) is 11.5 Å². The SMILES string of the molecule is N.O.O=C(Nc1cc2c(c(S(=O)(=O)O)c1)C(=O)/C(=N/Nc1ccc(-c3ccc(N/N=C4\C=C(S(=O)(=O)O)c5cccc(S(=O)(=O)O)c5C4=O)c(O)c3)cc1O)C=C2S(=O)(=O)O)c1ccccc1.[Cu].[Cu].[Na+].[Na+].[Na+].[Na+]. The van der Waals surface area contributed by atoms with Crippen LogP contribution in [0.25, 0.3) is 20.9 Å². The van der Waals surface area contributed by atoms with Gasteiger partial charge in [0.2, 0.25) is 11.6 Å². The number of rotatable bonds is 11. The van der Waals surface area contributed by atoms with Crippen LogP contribution in [0, 0.1) is 0 Å². The average Bonchev–Trinajstić information content (AvgIpc) is 3.22. The van der Waals surface area contributed by atoms with Gasteiger partial charge in [0, 0.05) is 56.5 Å². The van der Waals surface area contributed by atoms with Crippen molar-refractivity contribution in [1.29, 1.82) is 0 Å². The maximum atomic E-state index is 13.7. The summed E-state index contributed by atoms with van der Waals surface area (Å²) < 4.78 is 138. The molecule has 0 saturated carbocycles. The van der Waals surface area contributed by atoms with Gasteiger partial charge in [-0.3, -0.25) is 43.4 Å². The van der Waals surface area contributed by atoms with Crippen LogP contribution in [0.1, 0.15) is 42.2 Å². The number of allylic oxidation sites excluding steroid dienone is 2. The minimum atomic E-state index is -5.33. The van der Waals surface area contributed by atoms with Crippen molar-refractivity contribution >= 4 is 96.2 Å². The largest absolute Gasteiger partial charge is 1.00 e. The van der Waals surface area contributed by atoms with E-state index in [0.717, 1.165) is 36.4 Å². The van der Waals surface area contributed by atoms with E-state index in [-0.39, 0.29) is 198 Å². The number of amides is 1. The third kappa shape index (κ3) is 16.3. The van der Waals surface area contributed by atoms with Crippen molar-refractivity contribution in [3.8, 4) is 22.6 Å². The number of benzene rings is 5. The maximum absolute atomic E-state index is 13.7. The zero-order chi connectivity index (χ0) is 47.4. The van der Waals surface area contributed by atoms with Crippen molar-refractivity contribution in [2.24, 2.45) is 10.2 Å². The van der Waals surface area contributed by atoms with E-state index < -0.39 is 123 Å². The molecule has 0 unspecified atom stereocenters. The van der Waals surface area contributed by atoms with E-state index in [9.17, 15) is 76.5 Å². The smallest absolute Gasteiger partial charge is 0.506 e. The first kappa shape index (κ1) is 72.6. The topological polar surface area (TPSA) is 436 Å². The van der Waals surface area contributed by atoms with E-state index in [1.54, 1.807) is 6.07 Å². The number of phenols is 2. The minimum absolute atomic E-state index is 0. The molecule has 24 nitrogen and oxygen atoms in total. The molecule has 0 saturated heterocycles. The fraction of sp³-hybridized carbons (Fsp3) is 0. The number of hydrazone groups is 2. The molecule has 0 aromatic heterocycles. The Kier molecular flexibility index (Phi) is 28.1. The van der Waals surface area contributed by atoms with Gasteiger partial charge in [0.1, 0.15) is 42.5 Å². The van der Waals surface area contributed by atoms with E-state index in [1.165, 1.54) is 48.5 Å². The number of anilines is 3. The molecule has 372 valence electrons. The quantitative estimate of drug-likeness (QED) is 0.0254. The molecule has 5 aromatic rings. The van der Waals surface area contributed by atoms with Gasteiger partial charge < -0.3 is 27.2 Å². The number of hydrogen-bond acceptors (Lipinski definition) is 18. The molecular formula is C39H32Cu2N6Na4O18S4+4. The number of nitrogens with zero attached hydrogens (tertiary/aromatic N) is 2. The van der Waals surface area contributed by atoms with Gasteiger partial charge in [0.05, 0.1) is 22.5 Å². The van der Waals surface area contributed by atoms with E-state index in [4.69, 9.17) is 0 Å². The van der Waals surface area contributed by atoms with Crippen molar-refractivity contribution in [1.82, 2.24) is 6.15 Å². The van der Waals surface area contributed by atoms with Gasteiger partial charge in [0.25, 0.3) is 46.4 Å². The molecule has 0 bridgehead atoms. The van der Waals surface area contributed by atoms with Crippen LogP contribution in [0.15, 0.2) is 129 Å². The number of ketones is 2. The van der Waals surface area contributed by atoms with Gasteiger partial charge >= 0.3 is 118 Å². The third-order valence-electron chi connectivity index (χ3n) is 9.44. The van der Waals surface area contributed by atoms with Crippen LogP contribution in [-0.4, -0.2) is 96.5 Å². The Balaban J connectivity index is 0. The van der Waals surface area contributed by atoms with E-state index >= 15 is 0 Å². The van der Waals surface area contributed by atoms with Crippen LogP contribution >= 0.6 is 0 Å². The van der Waals surface area contributed by atoms with Crippen LogP contribution in [0.2, 0.25) is 0 Å². The summed E-state index contributed by atoms with van der Waals surface area (Å²) in [5.41, 5.74) is -0.0611. The molecule has 0 aliphatic heterocycles. The predicted molar refractivity (Wildman–Crippen MR) is 241 cm³/mol. The zero-order valence-electron chi connectivity index (χ0n) is 37.9. The van der Waals surface area contributed by atoms with E-state index in [2.05, 4.69) is 26.4 Å². The average molecular weight is 1220 g/mol. The summed E-state index contributed by atoms with van der Waals surface area (Å²) in [6, 6.07) is 19.5. The number of carbonyl (C=O) groups excluding carboxylic acids is 3. The molecule has 73 heavy (non-hydrogen) atoms. The van der Waals surface area contributed by atoms with Gasteiger partial charge in [0.15, 0.2) is 0 Å². The summed E-state index contributed by atoms with van der Waals surface area (Å²) in [4.78, 5) is 35.7. The zero-order valence-corrected chi connectivity index (χ0v) is 51.1. The fourth-order valence-corrected chi connectivity index (χ4v) is 9.39. The van der Waals surface area contributed by atoms with Crippen LogP contribution in [0.4, 0.5) is 17.1 Å². The van der Waals surface area contributed by atoms with Crippen LogP contribution in [0.3, 0.4) is 0 Å². The second-order valence-electron chi connectivity index (χ2n) is 13.7. The Hall–Kier alpha value is -2.47. The third-order valence-corrected chi connectivity index (χ3v) is 13.0. The van der Waals surface area contributed by atoms with Crippen molar-refractivity contribution < 1.29 is 234 Å². The Morgan fingerprint density at radius 3 is 1.34 bits per heavy atom. The molecule has 2 aliphatic rings. The first-order valence-electron chi connectivity index (χ1n) is 17.8. The van der Waals surface area contributed by atoms with Crippen molar-refractivity contribution in [3.05, 3.63) is 137 Å². The summed E-state index contributed by atoms with van der Waals surface area (Å²) in [5.74, 6) is -4.30. The predicted octanol–water partition coefficient (Wildman–Crippen LogP) is -8.36. The number of fused-ring (bicyclic) bond motifs is 2. The molecule has 0 atom stereocenters. The summed E-state index contributed by atoms with van der Waals surface area (Å²) in [6.45, 7) is 0. The number of Topliss-reactive ketones (excluding diaryl/α,β-unsaturated/α-hetero) is 2.